The van der Waals surface area contributed by atoms with E-state index >= 15 is 0 Å². The lowest BCUT2D eigenvalue weighted by Crippen LogP contribution is -2.34. The molecular weight excluding hydrogens is 468 g/mol. The van der Waals surface area contributed by atoms with E-state index in [4.69, 9.17) is 15.0 Å². The van der Waals surface area contributed by atoms with E-state index in [0.717, 1.165) is 11.3 Å². The summed E-state index contributed by atoms with van der Waals surface area (Å²) in [5.74, 6) is 0.590. The van der Waals surface area contributed by atoms with Crippen molar-refractivity contribution in [3.05, 3.63) is 90.1 Å². The van der Waals surface area contributed by atoms with Crippen molar-refractivity contribution < 1.29 is 14.3 Å². The molecule has 0 aliphatic rings. The van der Waals surface area contributed by atoms with Crippen LogP contribution in [0.5, 0.6) is 0 Å². The zero-order chi connectivity index (χ0) is 26.6. The number of nitrogens with zero attached hydrogens (tertiary/aromatic N) is 5. The van der Waals surface area contributed by atoms with Gasteiger partial charge in [0, 0.05) is 25.4 Å². The summed E-state index contributed by atoms with van der Waals surface area (Å²) in [7, 11) is 1.91. The Hall–Kier alpha value is -4.71. The molecule has 2 heterocycles. The fourth-order valence-electron chi connectivity index (χ4n) is 3.65. The molecule has 0 saturated carbocycles. The molecule has 37 heavy (non-hydrogen) atoms. The fraction of sp³-hybridized carbons (Fsp3) is 0.250. The Balaban J connectivity index is 1.78. The van der Waals surface area contributed by atoms with E-state index in [1.54, 1.807) is 67.9 Å². The van der Waals surface area contributed by atoms with Gasteiger partial charge in [-0.05, 0) is 68.6 Å². The number of nitriles is 1. The van der Waals surface area contributed by atoms with Gasteiger partial charge in [-0.1, -0.05) is 12.1 Å². The first-order valence-corrected chi connectivity index (χ1v) is 11.9. The average molecular weight is 499 g/mol. The number of fused-ring (bicyclic) bond motifs is 1. The van der Waals surface area contributed by atoms with Crippen molar-refractivity contribution in [3.8, 4) is 6.07 Å². The van der Waals surface area contributed by atoms with E-state index in [-0.39, 0.29) is 31.4 Å². The SMILES string of the molecule is C\C=C/C(C#N)=C\C=C\NCc1nc2cc(C(=O)N(CCC(=O)OCC)c3ccccn3)ccc2n1C. The maximum atomic E-state index is 13.5. The molecule has 190 valence electrons. The number of carbonyl (C=O) groups excluding carboxylic acids is 2. The zero-order valence-corrected chi connectivity index (χ0v) is 21.2. The normalized spacial score (nSPS) is 11.7. The summed E-state index contributed by atoms with van der Waals surface area (Å²) in [4.78, 5) is 35.9. The average Bonchev–Trinajstić information content (AvgIpc) is 3.23. The van der Waals surface area contributed by atoms with E-state index in [1.165, 1.54) is 4.90 Å². The second kappa shape index (κ2) is 13.4. The van der Waals surface area contributed by atoms with Crippen molar-refractivity contribution in [1.29, 1.82) is 5.26 Å². The number of anilines is 1. The minimum absolute atomic E-state index is 0.0606. The number of allylic oxidation sites excluding steroid dienone is 5. The quantitative estimate of drug-likeness (QED) is 0.239. The van der Waals surface area contributed by atoms with Crippen LogP contribution in [0.1, 0.15) is 36.5 Å². The predicted molar refractivity (Wildman–Crippen MR) is 142 cm³/mol. The highest BCUT2D eigenvalue weighted by Gasteiger charge is 2.21. The van der Waals surface area contributed by atoms with Crippen LogP contribution in [0.3, 0.4) is 0 Å². The van der Waals surface area contributed by atoms with E-state index in [2.05, 4.69) is 16.4 Å². The number of ether oxygens (including phenoxy) is 1. The number of aryl methyl sites for hydroxylation is 1. The number of amides is 1. The van der Waals surface area contributed by atoms with Crippen molar-refractivity contribution in [2.75, 3.05) is 18.1 Å². The van der Waals surface area contributed by atoms with Gasteiger partial charge in [0.25, 0.3) is 5.91 Å². The predicted octanol–water partition coefficient (Wildman–Crippen LogP) is 4.20. The van der Waals surface area contributed by atoms with Gasteiger partial charge in [0.2, 0.25) is 0 Å². The number of carbonyl (C=O) groups is 2. The molecule has 1 aromatic carbocycles. The van der Waals surface area contributed by atoms with Gasteiger partial charge in [0.1, 0.15) is 11.6 Å². The number of pyridine rings is 1. The lowest BCUT2D eigenvalue weighted by atomic mass is 10.1. The van der Waals surface area contributed by atoms with Gasteiger partial charge < -0.3 is 14.6 Å². The Labute approximate surface area is 216 Å². The summed E-state index contributed by atoms with van der Waals surface area (Å²) in [6.45, 7) is 4.50. The second-order valence-corrected chi connectivity index (χ2v) is 7.96. The molecule has 0 fully saturated rings. The topological polar surface area (TPSA) is 113 Å². The van der Waals surface area contributed by atoms with Gasteiger partial charge in [-0.2, -0.15) is 5.26 Å². The molecule has 1 amide bonds. The lowest BCUT2D eigenvalue weighted by molar-refractivity contribution is -0.142. The highest BCUT2D eigenvalue weighted by molar-refractivity contribution is 6.07. The maximum absolute atomic E-state index is 13.5. The van der Waals surface area contributed by atoms with E-state index < -0.39 is 0 Å². The molecule has 0 bridgehead atoms. The highest BCUT2D eigenvalue weighted by atomic mass is 16.5. The molecule has 9 heteroatoms. The van der Waals surface area contributed by atoms with Crippen molar-refractivity contribution in [2.45, 2.75) is 26.8 Å². The van der Waals surface area contributed by atoms with Crippen molar-refractivity contribution in [2.24, 2.45) is 7.05 Å². The van der Waals surface area contributed by atoms with E-state index in [1.807, 2.05) is 30.7 Å². The number of nitrogens with one attached hydrogen (secondary N) is 1. The van der Waals surface area contributed by atoms with Gasteiger partial charge in [0.05, 0.1) is 42.2 Å². The van der Waals surface area contributed by atoms with Gasteiger partial charge in [0.15, 0.2) is 0 Å². The van der Waals surface area contributed by atoms with Crippen LogP contribution in [0.25, 0.3) is 11.0 Å². The van der Waals surface area contributed by atoms with Crippen LogP contribution in [0, 0.1) is 11.3 Å². The number of hydrogen-bond donors (Lipinski definition) is 1. The Bertz CT molecular complexity index is 1370. The largest absolute Gasteiger partial charge is 0.466 e. The Morgan fingerprint density at radius 3 is 2.81 bits per heavy atom. The number of aromatic nitrogens is 3. The number of imidazole rings is 1. The third-order valence-electron chi connectivity index (χ3n) is 5.46. The first-order valence-electron chi connectivity index (χ1n) is 11.9. The number of benzene rings is 1. The van der Waals surface area contributed by atoms with Crippen LogP contribution in [0.15, 0.2) is 78.7 Å². The minimum atomic E-state index is -0.372. The molecule has 0 spiro atoms. The molecule has 0 unspecified atom stereocenters. The van der Waals surface area contributed by atoms with Crippen molar-refractivity contribution in [3.63, 3.8) is 0 Å². The molecular formula is C28H30N6O3. The first kappa shape index (κ1) is 26.9. The molecule has 0 radical (unpaired) electrons. The van der Waals surface area contributed by atoms with Crippen LogP contribution in [0.2, 0.25) is 0 Å². The fourth-order valence-corrected chi connectivity index (χ4v) is 3.65. The molecule has 2 aromatic heterocycles. The van der Waals surface area contributed by atoms with Crippen LogP contribution in [-0.4, -0.2) is 39.6 Å². The summed E-state index contributed by atoms with van der Waals surface area (Å²) in [5, 5.41) is 12.2. The third kappa shape index (κ3) is 7.15. The summed E-state index contributed by atoms with van der Waals surface area (Å²) < 4.78 is 6.98. The molecule has 0 aliphatic heterocycles. The number of rotatable bonds is 11. The van der Waals surface area contributed by atoms with Gasteiger partial charge in [-0.3, -0.25) is 14.5 Å². The smallest absolute Gasteiger partial charge is 0.307 e. The van der Waals surface area contributed by atoms with Crippen molar-refractivity contribution in [1.82, 2.24) is 19.9 Å². The summed E-state index contributed by atoms with van der Waals surface area (Å²) >= 11 is 0. The van der Waals surface area contributed by atoms with E-state index in [0.29, 0.717) is 29.0 Å². The van der Waals surface area contributed by atoms with Crippen LogP contribution in [0.4, 0.5) is 5.82 Å². The third-order valence-corrected chi connectivity index (χ3v) is 5.46. The molecule has 3 aromatic rings. The van der Waals surface area contributed by atoms with E-state index in [9.17, 15) is 9.59 Å². The Morgan fingerprint density at radius 2 is 2.11 bits per heavy atom. The molecule has 0 atom stereocenters. The minimum Gasteiger partial charge on any atom is -0.466 e. The lowest BCUT2D eigenvalue weighted by Gasteiger charge is -2.21. The first-order chi connectivity index (χ1) is 18.0. The Morgan fingerprint density at radius 1 is 1.27 bits per heavy atom. The molecule has 1 N–H and O–H groups in total. The van der Waals surface area contributed by atoms with Crippen LogP contribution in [-0.2, 0) is 23.1 Å². The molecule has 0 aliphatic carbocycles. The summed E-state index contributed by atoms with van der Waals surface area (Å²) in [5.41, 5.74) is 2.56. The standard InChI is InChI=1S/C28H30N6O3/c1-4-9-21(19-29)10-8-15-30-20-26-32-23-18-22(12-13-24(23)33(26)3)28(36)34(17-14-27(35)37-5-2)25-11-6-7-16-31-25/h4,6-13,15-16,18,30H,5,14,17,20H2,1-3H3/b9-4-,15-8+,21-10+. The maximum Gasteiger partial charge on any atom is 0.307 e. The number of esters is 1. The van der Waals surface area contributed by atoms with Gasteiger partial charge >= 0.3 is 5.97 Å². The van der Waals surface area contributed by atoms with Crippen LogP contribution < -0.4 is 10.2 Å². The zero-order valence-electron chi connectivity index (χ0n) is 21.2. The monoisotopic (exact) mass is 498 g/mol. The highest BCUT2D eigenvalue weighted by Crippen LogP contribution is 2.20. The Kier molecular flexibility index (Phi) is 9.74. The molecule has 9 nitrogen and oxygen atoms in total. The van der Waals surface area contributed by atoms with Crippen LogP contribution >= 0.6 is 0 Å². The summed E-state index contributed by atoms with van der Waals surface area (Å²) in [6, 6.07) is 12.8. The molecule has 0 saturated heterocycles. The number of hydrogen-bond acceptors (Lipinski definition) is 7. The molecule has 3 rings (SSSR count). The van der Waals surface area contributed by atoms with Gasteiger partial charge in [-0.25, -0.2) is 9.97 Å². The summed E-state index contributed by atoms with van der Waals surface area (Å²) in [6.07, 6.45) is 10.4. The van der Waals surface area contributed by atoms with Crippen molar-refractivity contribution >= 4 is 28.7 Å². The second-order valence-electron chi connectivity index (χ2n) is 7.96. The van der Waals surface area contributed by atoms with Gasteiger partial charge in [-0.15, -0.1) is 0 Å².